The second-order valence-electron chi connectivity index (χ2n) is 3.08. The first-order chi connectivity index (χ1) is 7.13. The molecule has 0 aliphatic rings. The van der Waals surface area contributed by atoms with Gasteiger partial charge in [0.05, 0.1) is 0 Å². The third-order valence-electron chi connectivity index (χ3n) is 1.96. The van der Waals surface area contributed by atoms with Crippen molar-refractivity contribution in [1.82, 2.24) is 14.5 Å². The van der Waals surface area contributed by atoms with Gasteiger partial charge < -0.3 is 10.8 Å². The lowest BCUT2D eigenvalue weighted by molar-refractivity contribution is 0.461. The Morgan fingerprint density at radius 3 is 2.93 bits per heavy atom. The van der Waals surface area contributed by atoms with Gasteiger partial charge in [0.2, 0.25) is 11.8 Å². The SMILES string of the molecule is CCCn1c(=O)sc2c(O)nc(N)nc21. The van der Waals surface area contributed by atoms with Crippen LogP contribution in [0.2, 0.25) is 0 Å². The standard InChI is InChI=1S/C8H10N4O2S/c1-2-3-12-5-4(15-8(12)14)6(13)11-7(9)10-5/h2-3H2,1H3,(H3,9,10,11,13). The van der Waals surface area contributed by atoms with Crippen LogP contribution in [0.5, 0.6) is 5.88 Å². The van der Waals surface area contributed by atoms with Crippen molar-refractivity contribution in [3.63, 3.8) is 0 Å². The number of rotatable bonds is 2. The molecule has 15 heavy (non-hydrogen) atoms. The van der Waals surface area contributed by atoms with Crippen molar-refractivity contribution < 1.29 is 5.11 Å². The predicted molar refractivity (Wildman–Crippen MR) is 58.0 cm³/mol. The Labute approximate surface area is 89.0 Å². The fourth-order valence-corrected chi connectivity index (χ4v) is 2.21. The van der Waals surface area contributed by atoms with Crippen LogP contribution in [0, 0.1) is 0 Å². The van der Waals surface area contributed by atoms with E-state index in [9.17, 15) is 9.90 Å². The van der Waals surface area contributed by atoms with E-state index in [1.807, 2.05) is 6.92 Å². The molecule has 0 aromatic carbocycles. The van der Waals surface area contributed by atoms with Gasteiger partial charge in [-0.25, -0.2) is 0 Å². The van der Waals surface area contributed by atoms with Gasteiger partial charge in [-0.05, 0) is 6.42 Å². The minimum atomic E-state index is -0.227. The van der Waals surface area contributed by atoms with Crippen molar-refractivity contribution in [1.29, 1.82) is 0 Å². The average Bonchev–Trinajstić information content (AvgIpc) is 2.46. The summed E-state index contributed by atoms with van der Waals surface area (Å²) in [6, 6.07) is 0. The maximum atomic E-state index is 11.6. The highest BCUT2D eigenvalue weighted by atomic mass is 32.1. The third-order valence-corrected chi connectivity index (χ3v) is 2.92. The summed E-state index contributed by atoms with van der Waals surface area (Å²) in [6.45, 7) is 2.52. The first kappa shape index (κ1) is 9.91. The van der Waals surface area contributed by atoms with Gasteiger partial charge in [0.1, 0.15) is 4.70 Å². The molecule has 0 spiro atoms. The molecular weight excluding hydrogens is 216 g/mol. The van der Waals surface area contributed by atoms with Gasteiger partial charge in [-0.2, -0.15) is 9.97 Å². The summed E-state index contributed by atoms with van der Waals surface area (Å²) < 4.78 is 1.89. The van der Waals surface area contributed by atoms with Crippen LogP contribution in [0.1, 0.15) is 13.3 Å². The van der Waals surface area contributed by atoms with Crippen LogP contribution in [-0.2, 0) is 6.54 Å². The van der Waals surface area contributed by atoms with E-state index >= 15 is 0 Å². The minimum absolute atomic E-state index is 0.0253. The van der Waals surface area contributed by atoms with Gasteiger partial charge in [0.15, 0.2) is 5.65 Å². The summed E-state index contributed by atoms with van der Waals surface area (Å²) in [5.74, 6) is -0.253. The zero-order valence-corrected chi connectivity index (χ0v) is 8.91. The fraction of sp³-hybridized carbons (Fsp3) is 0.375. The number of nitrogen functional groups attached to an aromatic ring is 1. The molecule has 0 fully saturated rings. The lowest BCUT2D eigenvalue weighted by atomic mass is 10.4. The fourth-order valence-electron chi connectivity index (χ4n) is 1.37. The molecule has 2 aromatic rings. The summed E-state index contributed by atoms with van der Waals surface area (Å²) in [7, 11) is 0. The number of anilines is 1. The summed E-state index contributed by atoms with van der Waals surface area (Å²) in [5.41, 5.74) is 5.82. The van der Waals surface area contributed by atoms with Crippen LogP contribution in [0.4, 0.5) is 5.95 Å². The second-order valence-corrected chi connectivity index (χ2v) is 4.04. The number of nitrogens with zero attached hydrogens (tertiary/aromatic N) is 3. The maximum Gasteiger partial charge on any atom is 0.309 e. The van der Waals surface area contributed by atoms with Crippen molar-refractivity contribution >= 4 is 27.6 Å². The molecule has 0 amide bonds. The molecule has 6 nitrogen and oxygen atoms in total. The van der Waals surface area contributed by atoms with E-state index in [-0.39, 0.29) is 16.7 Å². The Hall–Kier alpha value is -1.63. The smallest absolute Gasteiger partial charge is 0.309 e. The summed E-state index contributed by atoms with van der Waals surface area (Å²) in [5, 5.41) is 9.49. The van der Waals surface area contributed by atoms with Crippen molar-refractivity contribution in [3.05, 3.63) is 9.67 Å². The van der Waals surface area contributed by atoms with Crippen LogP contribution < -0.4 is 10.6 Å². The molecule has 0 saturated heterocycles. The number of nitrogens with two attached hydrogens (primary N) is 1. The van der Waals surface area contributed by atoms with Crippen molar-refractivity contribution in [3.8, 4) is 5.88 Å². The maximum absolute atomic E-state index is 11.6. The number of fused-ring (bicyclic) bond motifs is 1. The minimum Gasteiger partial charge on any atom is -0.492 e. The monoisotopic (exact) mass is 226 g/mol. The van der Waals surface area contributed by atoms with Crippen LogP contribution >= 0.6 is 11.3 Å². The normalized spacial score (nSPS) is 11.0. The van der Waals surface area contributed by atoms with E-state index in [1.165, 1.54) is 4.57 Å². The molecule has 0 bridgehead atoms. The molecule has 7 heteroatoms. The molecule has 2 rings (SSSR count). The van der Waals surface area contributed by atoms with E-state index in [0.29, 0.717) is 16.9 Å². The second kappa shape index (κ2) is 3.50. The van der Waals surface area contributed by atoms with E-state index < -0.39 is 0 Å². The number of thiazole rings is 1. The summed E-state index contributed by atoms with van der Waals surface area (Å²) in [4.78, 5) is 19.0. The molecule has 2 heterocycles. The largest absolute Gasteiger partial charge is 0.492 e. The highest BCUT2D eigenvalue weighted by Gasteiger charge is 2.13. The topological polar surface area (TPSA) is 94.0 Å². The summed E-state index contributed by atoms with van der Waals surface area (Å²) >= 11 is 0.931. The van der Waals surface area contributed by atoms with Gasteiger partial charge >= 0.3 is 4.87 Å². The highest BCUT2D eigenvalue weighted by molar-refractivity contribution is 7.16. The van der Waals surface area contributed by atoms with E-state index in [2.05, 4.69) is 9.97 Å². The lowest BCUT2D eigenvalue weighted by Gasteiger charge is -2.00. The Bertz CT molecular complexity index is 560. The molecule has 0 aliphatic carbocycles. The Morgan fingerprint density at radius 2 is 2.27 bits per heavy atom. The van der Waals surface area contributed by atoms with Crippen LogP contribution in [0.3, 0.4) is 0 Å². The average molecular weight is 226 g/mol. The molecule has 0 atom stereocenters. The highest BCUT2D eigenvalue weighted by Crippen LogP contribution is 2.24. The number of aromatic hydroxyl groups is 1. The molecule has 0 radical (unpaired) electrons. The Balaban J connectivity index is 2.80. The van der Waals surface area contributed by atoms with E-state index in [4.69, 9.17) is 5.73 Å². The third kappa shape index (κ3) is 1.54. The quantitative estimate of drug-likeness (QED) is 0.779. The predicted octanol–water partition coefficient (Wildman–Crippen LogP) is 0.551. The molecule has 0 saturated carbocycles. The Kier molecular flexibility index (Phi) is 2.31. The summed E-state index contributed by atoms with van der Waals surface area (Å²) in [6.07, 6.45) is 0.816. The van der Waals surface area contributed by atoms with Gasteiger partial charge in [0.25, 0.3) is 0 Å². The first-order valence-electron chi connectivity index (χ1n) is 4.49. The first-order valence-corrected chi connectivity index (χ1v) is 5.31. The van der Waals surface area contributed by atoms with Crippen molar-refractivity contribution in [2.24, 2.45) is 0 Å². The molecule has 0 aliphatic heterocycles. The molecule has 0 unspecified atom stereocenters. The number of aryl methyl sites for hydroxylation is 1. The molecular formula is C8H10N4O2S. The Morgan fingerprint density at radius 1 is 1.53 bits per heavy atom. The van der Waals surface area contributed by atoms with Gasteiger partial charge in [0, 0.05) is 6.54 Å². The van der Waals surface area contributed by atoms with E-state index in [1.54, 1.807) is 0 Å². The number of hydrogen-bond acceptors (Lipinski definition) is 6. The van der Waals surface area contributed by atoms with Crippen molar-refractivity contribution in [2.45, 2.75) is 19.9 Å². The van der Waals surface area contributed by atoms with Gasteiger partial charge in [-0.3, -0.25) is 9.36 Å². The van der Waals surface area contributed by atoms with Crippen molar-refractivity contribution in [2.75, 3.05) is 5.73 Å². The lowest BCUT2D eigenvalue weighted by Crippen LogP contribution is -2.13. The van der Waals surface area contributed by atoms with Gasteiger partial charge in [-0.1, -0.05) is 18.3 Å². The molecule has 80 valence electrons. The molecule has 3 N–H and O–H groups in total. The zero-order valence-electron chi connectivity index (χ0n) is 8.10. The molecule has 2 aromatic heterocycles. The van der Waals surface area contributed by atoms with Crippen LogP contribution in [0.15, 0.2) is 4.79 Å². The van der Waals surface area contributed by atoms with E-state index in [0.717, 1.165) is 17.8 Å². The van der Waals surface area contributed by atoms with Crippen LogP contribution in [-0.4, -0.2) is 19.6 Å². The van der Waals surface area contributed by atoms with Crippen LogP contribution in [0.25, 0.3) is 10.3 Å². The number of aromatic nitrogens is 3. The van der Waals surface area contributed by atoms with Gasteiger partial charge in [-0.15, -0.1) is 0 Å². The zero-order chi connectivity index (χ0) is 11.0. The number of hydrogen-bond donors (Lipinski definition) is 2.